The highest BCUT2D eigenvalue weighted by Gasteiger charge is 2.38. The van der Waals surface area contributed by atoms with Gasteiger partial charge in [-0.1, -0.05) is 178 Å². The minimum absolute atomic E-state index is 0.0970. The number of rotatable bonds is 3. The summed E-state index contributed by atoms with van der Waals surface area (Å²) < 4.78 is 0. The largest absolute Gasteiger partial charge is 0.0622 e. The molecule has 0 heterocycles. The van der Waals surface area contributed by atoms with Crippen LogP contribution in [0.1, 0.15) is 25.0 Å². The van der Waals surface area contributed by atoms with Gasteiger partial charge in [0.15, 0.2) is 0 Å². The van der Waals surface area contributed by atoms with Gasteiger partial charge in [-0.15, -0.1) is 0 Å². The van der Waals surface area contributed by atoms with E-state index in [1.54, 1.807) is 0 Å². The van der Waals surface area contributed by atoms with Gasteiger partial charge in [-0.25, -0.2) is 0 Å². The molecule has 0 unspecified atom stereocenters. The molecule has 0 atom stereocenters. The number of hydrogen-bond acceptors (Lipinski definition) is 0. The minimum atomic E-state index is -0.0970. The third kappa shape index (κ3) is 4.36. The van der Waals surface area contributed by atoms with Gasteiger partial charge < -0.3 is 0 Å². The Bertz CT molecular complexity index is 3070. The molecule has 0 fully saturated rings. The fourth-order valence-corrected chi connectivity index (χ4v) is 9.62. The van der Waals surface area contributed by atoms with Crippen molar-refractivity contribution in [3.63, 3.8) is 0 Å². The van der Waals surface area contributed by atoms with Crippen LogP contribution in [0, 0.1) is 0 Å². The zero-order valence-corrected chi connectivity index (χ0v) is 29.8. The molecule has 0 bridgehead atoms. The zero-order valence-electron chi connectivity index (χ0n) is 29.8. The average molecular weight is 673 g/mol. The quantitative estimate of drug-likeness (QED) is 0.129. The second-order valence-electron chi connectivity index (χ2n) is 15.2. The van der Waals surface area contributed by atoms with Crippen LogP contribution < -0.4 is 0 Å². The lowest BCUT2D eigenvalue weighted by atomic mass is 9.79. The van der Waals surface area contributed by atoms with Crippen molar-refractivity contribution >= 4 is 53.9 Å². The van der Waals surface area contributed by atoms with Gasteiger partial charge in [-0.05, 0) is 128 Å². The molecule has 53 heavy (non-hydrogen) atoms. The van der Waals surface area contributed by atoms with Crippen molar-refractivity contribution in [3.05, 3.63) is 193 Å². The summed E-state index contributed by atoms with van der Waals surface area (Å²) in [5.74, 6) is 0. The van der Waals surface area contributed by atoms with Crippen LogP contribution in [0.15, 0.2) is 182 Å². The zero-order chi connectivity index (χ0) is 35.3. The van der Waals surface area contributed by atoms with Crippen molar-refractivity contribution < 1.29 is 0 Å². The van der Waals surface area contributed by atoms with Gasteiger partial charge in [0.25, 0.3) is 0 Å². The lowest BCUT2D eigenvalue weighted by Gasteiger charge is -2.24. The molecule has 1 aliphatic carbocycles. The molecule has 10 aromatic carbocycles. The number of fused-ring (bicyclic) bond motifs is 11. The third-order valence-electron chi connectivity index (χ3n) is 12.0. The van der Waals surface area contributed by atoms with Gasteiger partial charge in [0.2, 0.25) is 0 Å². The van der Waals surface area contributed by atoms with Crippen LogP contribution in [0.25, 0.3) is 98.4 Å². The van der Waals surface area contributed by atoms with Crippen molar-refractivity contribution in [3.8, 4) is 44.5 Å². The highest BCUT2D eigenvalue weighted by molar-refractivity contribution is 6.22. The molecule has 10 aromatic rings. The normalized spacial score (nSPS) is 13.2. The van der Waals surface area contributed by atoms with Crippen LogP contribution in [-0.4, -0.2) is 0 Å². The SMILES string of the molecule is CC1(C)c2ccc(-c3ccc4cc(-c5c6ccccc6c(-c6ccccc6)c6ccccc56)ccc4c3)cc2-c2c1c1ccccc1c1ccccc21. The smallest absolute Gasteiger partial charge is 0.0165 e. The summed E-state index contributed by atoms with van der Waals surface area (Å²) in [7, 11) is 0. The Morgan fingerprint density at radius 2 is 0.717 bits per heavy atom. The number of benzene rings is 10. The van der Waals surface area contributed by atoms with E-state index in [0.29, 0.717) is 0 Å². The van der Waals surface area contributed by atoms with Crippen LogP contribution in [0.5, 0.6) is 0 Å². The maximum atomic E-state index is 2.45. The molecule has 0 N–H and O–H groups in total. The van der Waals surface area contributed by atoms with E-state index in [4.69, 9.17) is 0 Å². The summed E-state index contributed by atoms with van der Waals surface area (Å²) in [5, 5.41) is 13.0. The van der Waals surface area contributed by atoms with Crippen LogP contribution in [-0.2, 0) is 5.41 Å². The molecule has 0 radical (unpaired) electrons. The lowest BCUT2D eigenvalue weighted by molar-refractivity contribution is 0.666. The fraction of sp³-hybridized carbons (Fsp3) is 0.0566. The summed E-state index contributed by atoms with van der Waals surface area (Å²) >= 11 is 0. The van der Waals surface area contributed by atoms with E-state index in [1.165, 1.54) is 109 Å². The molecule has 0 nitrogen and oxygen atoms in total. The van der Waals surface area contributed by atoms with E-state index >= 15 is 0 Å². The molecule has 1 aliphatic rings. The first-order valence-electron chi connectivity index (χ1n) is 18.7. The first-order valence-corrected chi connectivity index (χ1v) is 18.7. The van der Waals surface area contributed by atoms with E-state index in [2.05, 4.69) is 196 Å². The first kappa shape index (κ1) is 30.2. The fourth-order valence-electron chi connectivity index (χ4n) is 9.62. The Morgan fingerprint density at radius 1 is 0.302 bits per heavy atom. The van der Waals surface area contributed by atoms with Crippen molar-refractivity contribution in [2.75, 3.05) is 0 Å². The standard InChI is InChI=1S/C53H36/c1-53(2)48-29-28-37(32-47(48)51-41-18-8-6-16-39(41)40-17-7-13-23-46(40)52(51)53)35-24-25-36-31-38(27-26-34(36)30-35)50-44-21-11-9-19-42(44)49(33-14-4-3-5-15-33)43-20-10-12-22-45(43)50/h3-32H,1-2H3. The van der Waals surface area contributed by atoms with Gasteiger partial charge >= 0.3 is 0 Å². The highest BCUT2D eigenvalue weighted by Crippen LogP contribution is 2.55. The Labute approximate surface area is 309 Å². The Hall–Kier alpha value is -6.50. The number of hydrogen-bond donors (Lipinski definition) is 0. The molecular formula is C53H36. The van der Waals surface area contributed by atoms with Gasteiger partial charge in [0.05, 0.1) is 0 Å². The predicted octanol–water partition coefficient (Wildman–Crippen LogP) is 14.8. The first-order chi connectivity index (χ1) is 26.1. The Morgan fingerprint density at radius 3 is 1.32 bits per heavy atom. The summed E-state index contributed by atoms with van der Waals surface area (Å²) in [4.78, 5) is 0. The van der Waals surface area contributed by atoms with Crippen LogP contribution in [0.2, 0.25) is 0 Å². The van der Waals surface area contributed by atoms with Crippen LogP contribution in [0.3, 0.4) is 0 Å². The van der Waals surface area contributed by atoms with E-state index < -0.39 is 0 Å². The van der Waals surface area contributed by atoms with Crippen molar-refractivity contribution in [1.82, 2.24) is 0 Å². The van der Waals surface area contributed by atoms with Crippen LogP contribution >= 0.6 is 0 Å². The van der Waals surface area contributed by atoms with E-state index in [9.17, 15) is 0 Å². The van der Waals surface area contributed by atoms with E-state index in [0.717, 1.165) is 0 Å². The van der Waals surface area contributed by atoms with E-state index in [-0.39, 0.29) is 5.41 Å². The molecular weight excluding hydrogens is 637 g/mol. The molecule has 0 amide bonds. The molecule has 0 spiro atoms. The molecule has 0 saturated heterocycles. The molecule has 0 saturated carbocycles. The molecule has 0 heteroatoms. The highest BCUT2D eigenvalue weighted by atomic mass is 14.4. The monoisotopic (exact) mass is 672 g/mol. The Balaban J connectivity index is 1.06. The van der Waals surface area contributed by atoms with E-state index in [1.807, 2.05) is 0 Å². The van der Waals surface area contributed by atoms with Crippen molar-refractivity contribution in [1.29, 1.82) is 0 Å². The topological polar surface area (TPSA) is 0 Å². The second-order valence-corrected chi connectivity index (χ2v) is 15.2. The summed E-state index contributed by atoms with van der Waals surface area (Å²) in [6.45, 7) is 4.79. The molecule has 0 aromatic heterocycles. The predicted molar refractivity (Wildman–Crippen MR) is 228 cm³/mol. The average Bonchev–Trinajstić information content (AvgIpc) is 3.46. The molecule has 0 aliphatic heterocycles. The van der Waals surface area contributed by atoms with Gasteiger partial charge in [-0.2, -0.15) is 0 Å². The second kappa shape index (κ2) is 11.2. The van der Waals surface area contributed by atoms with Crippen molar-refractivity contribution in [2.24, 2.45) is 0 Å². The van der Waals surface area contributed by atoms with Crippen LogP contribution in [0.4, 0.5) is 0 Å². The molecule has 248 valence electrons. The van der Waals surface area contributed by atoms with Gasteiger partial charge in [0, 0.05) is 5.41 Å². The van der Waals surface area contributed by atoms with Gasteiger partial charge in [-0.3, -0.25) is 0 Å². The molecule has 11 rings (SSSR count). The minimum Gasteiger partial charge on any atom is -0.0622 e. The summed E-state index contributed by atoms with van der Waals surface area (Å²) in [6, 6.07) is 67.7. The third-order valence-corrected chi connectivity index (χ3v) is 12.0. The maximum Gasteiger partial charge on any atom is 0.0165 e. The maximum absolute atomic E-state index is 2.45. The lowest BCUT2D eigenvalue weighted by Crippen LogP contribution is -2.15. The summed E-state index contributed by atoms with van der Waals surface area (Å²) in [6.07, 6.45) is 0. The van der Waals surface area contributed by atoms with Crippen molar-refractivity contribution in [2.45, 2.75) is 19.3 Å². The van der Waals surface area contributed by atoms with Gasteiger partial charge in [0.1, 0.15) is 0 Å². The summed E-state index contributed by atoms with van der Waals surface area (Å²) in [5.41, 5.74) is 13.1. The Kier molecular flexibility index (Phi) is 6.40.